The largest absolute Gasteiger partial charge is 0.493 e. The molecular formula is C19H25NO5. The molecule has 0 aromatic heterocycles. The van der Waals surface area contributed by atoms with Crippen molar-refractivity contribution < 1.29 is 23.8 Å². The van der Waals surface area contributed by atoms with E-state index in [9.17, 15) is 9.59 Å². The number of esters is 1. The summed E-state index contributed by atoms with van der Waals surface area (Å²) in [4.78, 5) is 23.4. The number of hydrogen-bond acceptors (Lipinski definition) is 5. The summed E-state index contributed by atoms with van der Waals surface area (Å²) in [6.07, 6.45) is 3.53. The number of carbonyl (C=O) groups is 2. The van der Waals surface area contributed by atoms with Crippen molar-refractivity contribution >= 4 is 18.0 Å². The fourth-order valence-corrected chi connectivity index (χ4v) is 1.89. The van der Waals surface area contributed by atoms with Crippen molar-refractivity contribution in [2.45, 2.75) is 33.0 Å². The Morgan fingerprint density at radius 2 is 1.96 bits per heavy atom. The first-order chi connectivity index (χ1) is 11.9. The minimum Gasteiger partial charge on any atom is -0.493 e. The predicted molar refractivity (Wildman–Crippen MR) is 96.6 cm³/mol. The fraction of sp³-hybridized carbons (Fsp3) is 0.368. The van der Waals surface area contributed by atoms with Crippen molar-refractivity contribution in [2.24, 2.45) is 0 Å². The maximum absolute atomic E-state index is 11.8. The van der Waals surface area contributed by atoms with Gasteiger partial charge in [0.05, 0.1) is 13.2 Å². The zero-order valence-electron chi connectivity index (χ0n) is 15.1. The summed E-state index contributed by atoms with van der Waals surface area (Å²) < 4.78 is 16.0. The molecular weight excluding hydrogens is 322 g/mol. The molecule has 6 heteroatoms. The first-order valence-electron chi connectivity index (χ1n) is 7.99. The van der Waals surface area contributed by atoms with Gasteiger partial charge in [0.1, 0.15) is 0 Å². The van der Waals surface area contributed by atoms with Crippen molar-refractivity contribution in [3.05, 3.63) is 42.5 Å². The minimum atomic E-state index is -0.881. The smallest absolute Gasteiger partial charge is 0.331 e. The van der Waals surface area contributed by atoms with Crippen molar-refractivity contribution in [3.63, 3.8) is 0 Å². The number of amides is 1. The third kappa shape index (κ3) is 7.12. The van der Waals surface area contributed by atoms with Crippen LogP contribution in [0.25, 0.3) is 6.08 Å². The first-order valence-corrected chi connectivity index (χ1v) is 7.99. The van der Waals surface area contributed by atoms with E-state index < -0.39 is 12.1 Å². The monoisotopic (exact) mass is 347 g/mol. The Labute approximate surface area is 148 Å². The second kappa shape index (κ2) is 10.2. The Bertz CT molecular complexity index is 637. The van der Waals surface area contributed by atoms with E-state index in [2.05, 4.69) is 11.9 Å². The molecule has 0 aliphatic heterocycles. The molecule has 6 nitrogen and oxygen atoms in total. The molecule has 1 amide bonds. The van der Waals surface area contributed by atoms with Crippen LogP contribution in [0.4, 0.5) is 0 Å². The molecule has 0 radical (unpaired) electrons. The molecule has 25 heavy (non-hydrogen) atoms. The van der Waals surface area contributed by atoms with Crippen LogP contribution in [0, 0.1) is 0 Å². The van der Waals surface area contributed by atoms with E-state index in [1.807, 2.05) is 13.8 Å². The van der Waals surface area contributed by atoms with Crippen molar-refractivity contribution in [2.75, 3.05) is 13.7 Å². The zero-order chi connectivity index (χ0) is 18.8. The number of methoxy groups -OCH3 is 1. The zero-order valence-corrected chi connectivity index (χ0v) is 15.1. The number of nitrogens with one attached hydrogen (secondary N) is 1. The van der Waals surface area contributed by atoms with Gasteiger partial charge in [-0.3, -0.25) is 4.79 Å². The lowest BCUT2D eigenvalue weighted by Crippen LogP contribution is -2.35. The molecule has 0 unspecified atom stereocenters. The van der Waals surface area contributed by atoms with Crippen molar-refractivity contribution in [3.8, 4) is 11.5 Å². The van der Waals surface area contributed by atoms with E-state index in [1.54, 1.807) is 37.5 Å². The van der Waals surface area contributed by atoms with Crippen LogP contribution in [-0.4, -0.2) is 37.7 Å². The second-order valence-electron chi connectivity index (χ2n) is 5.52. The lowest BCUT2D eigenvalue weighted by molar-refractivity contribution is -0.150. The Hall–Kier alpha value is -2.76. The summed E-state index contributed by atoms with van der Waals surface area (Å²) in [5.41, 5.74) is 0.744. The molecule has 0 fully saturated rings. The minimum absolute atomic E-state index is 0.0268. The molecule has 1 N–H and O–H groups in total. The highest BCUT2D eigenvalue weighted by Gasteiger charge is 2.15. The van der Waals surface area contributed by atoms with Gasteiger partial charge in [-0.2, -0.15) is 0 Å². The van der Waals surface area contributed by atoms with Crippen molar-refractivity contribution in [1.82, 2.24) is 5.32 Å². The van der Waals surface area contributed by atoms with Crippen LogP contribution in [0.2, 0.25) is 0 Å². The lowest BCUT2D eigenvalue weighted by Gasteiger charge is -2.13. The number of benzene rings is 1. The van der Waals surface area contributed by atoms with Gasteiger partial charge < -0.3 is 19.5 Å². The van der Waals surface area contributed by atoms with Crippen LogP contribution in [0.1, 0.15) is 26.3 Å². The van der Waals surface area contributed by atoms with Gasteiger partial charge in [0, 0.05) is 12.6 Å². The summed E-state index contributed by atoms with van der Waals surface area (Å²) >= 11 is 0. The highest BCUT2D eigenvalue weighted by Crippen LogP contribution is 2.29. The van der Waals surface area contributed by atoms with Gasteiger partial charge in [-0.25, -0.2) is 4.79 Å². The summed E-state index contributed by atoms with van der Waals surface area (Å²) in [5, 5.41) is 2.56. The molecule has 0 aliphatic carbocycles. The summed E-state index contributed by atoms with van der Waals surface area (Å²) in [5.74, 6) is 0.215. The number of ether oxygens (including phenoxy) is 3. The molecule has 1 atom stereocenters. The molecule has 0 spiro atoms. The third-order valence-electron chi connectivity index (χ3n) is 3.05. The molecule has 1 aromatic rings. The summed E-state index contributed by atoms with van der Waals surface area (Å²) in [7, 11) is 1.55. The van der Waals surface area contributed by atoms with Crippen LogP contribution in [0.3, 0.4) is 0 Å². The molecule has 1 rings (SSSR count). The van der Waals surface area contributed by atoms with E-state index in [0.29, 0.717) is 18.0 Å². The summed E-state index contributed by atoms with van der Waals surface area (Å²) in [6.45, 7) is 9.18. The normalized spacial score (nSPS) is 11.9. The van der Waals surface area contributed by atoms with E-state index in [0.717, 1.165) is 5.56 Å². The number of carbonyl (C=O) groups excluding carboxylic acids is 2. The number of hydrogen-bond donors (Lipinski definition) is 1. The fourth-order valence-electron chi connectivity index (χ4n) is 1.89. The lowest BCUT2D eigenvalue weighted by atomic mass is 10.2. The van der Waals surface area contributed by atoms with Gasteiger partial charge in [0.15, 0.2) is 17.6 Å². The van der Waals surface area contributed by atoms with E-state index >= 15 is 0 Å². The number of rotatable bonds is 9. The van der Waals surface area contributed by atoms with Crippen molar-refractivity contribution in [1.29, 1.82) is 0 Å². The van der Waals surface area contributed by atoms with Gasteiger partial charge >= 0.3 is 5.97 Å². The summed E-state index contributed by atoms with van der Waals surface area (Å²) in [6, 6.07) is 5.32. The first kappa shape index (κ1) is 20.3. The molecule has 0 bridgehead atoms. The predicted octanol–water partition coefficient (Wildman–Crippen LogP) is 2.73. The average Bonchev–Trinajstić information content (AvgIpc) is 2.58. The van der Waals surface area contributed by atoms with Crippen LogP contribution in [-0.2, 0) is 14.3 Å². The highest BCUT2D eigenvalue weighted by molar-refractivity contribution is 5.90. The molecule has 0 saturated heterocycles. The molecule has 0 aliphatic rings. The maximum atomic E-state index is 11.8. The van der Waals surface area contributed by atoms with E-state index in [4.69, 9.17) is 14.2 Å². The SMILES string of the molecule is C=CCNC(=O)[C@@H](C)OC(=O)/C=C/c1ccc(OC(C)C)c(OC)c1. The molecule has 0 saturated carbocycles. The molecule has 136 valence electrons. The van der Waals surface area contributed by atoms with Crippen LogP contribution >= 0.6 is 0 Å². The van der Waals surface area contributed by atoms with Crippen LogP contribution < -0.4 is 14.8 Å². The van der Waals surface area contributed by atoms with Crippen LogP contribution in [0.5, 0.6) is 11.5 Å². The topological polar surface area (TPSA) is 73.9 Å². The Kier molecular flexibility index (Phi) is 8.26. The quantitative estimate of drug-likeness (QED) is 0.422. The average molecular weight is 347 g/mol. The maximum Gasteiger partial charge on any atom is 0.331 e. The molecule has 1 aromatic carbocycles. The Morgan fingerprint density at radius 3 is 2.56 bits per heavy atom. The van der Waals surface area contributed by atoms with Gasteiger partial charge in [-0.15, -0.1) is 6.58 Å². The van der Waals surface area contributed by atoms with Crippen LogP contribution in [0.15, 0.2) is 36.9 Å². The van der Waals surface area contributed by atoms with Gasteiger partial charge in [-0.1, -0.05) is 12.1 Å². The van der Waals surface area contributed by atoms with Gasteiger partial charge in [-0.05, 0) is 44.5 Å². The third-order valence-corrected chi connectivity index (χ3v) is 3.05. The van der Waals surface area contributed by atoms with Gasteiger partial charge in [0.2, 0.25) is 0 Å². The Balaban J connectivity index is 2.69. The van der Waals surface area contributed by atoms with E-state index in [-0.39, 0.29) is 12.0 Å². The highest BCUT2D eigenvalue weighted by atomic mass is 16.5. The second-order valence-corrected chi connectivity index (χ2v) is 5.52. The Morgan fingerprint density at radius 1 is 1.24 bits per heavy atom. The standard InChI is InChI=1S/C19H25NO5/c1-6-11-20-19(22)14(4)25-18(21)10-8-15-7-9-16(24-13(2)3)17(12-15)23-5/h6-10,12-14H,1,11H2,2-5H3,(H,20,22)/b10-8+/t14-/m1/s1. The van der Waals surface area contributed by atoms with E-state index in [1.165, 1.54) is 13.0 Å². The van der Waals surface area contributed by atoms with Gasteiger partial charge in [0.25, 0.3) is 5.91 Å². The molecule has 0 heterocycles.